The fourth-order valence-electron chi connectivity index (χ4n) is 2.28. The molecule has 0 aromatic heterocycles. The number of aliphatic carboxylic acids is 1. The lowest BCUT2D eigenvalue weighted by molar-refractivity contribution is -0.142. The van der Waals surface area contributed by atoms with Gasteiger partial charge in [-0.3, -0.25) is 9.79 Å². The van der Waals surface area contributed by atoms with Crippen LogP contribution in [0.15, 0.2) is 35.3 Å². The molecule has 0 saturated carbocycles. The van der Waals surface area contributed by atoms with E-state index >= 15 is 0 Å². The van der Waals surface area contributed by atoms with Crippen molar-refractivity contribution in [1.82, 2.24) is 10.4 Å². The molecule has 2 atom stereocenters. The molecule has 150 valence electrons. The van der Waals surface area contributed by atoms with Crippen LogP contribution in [0.25, 0.3) is 0 Å². The lowest BCUT2D eigenvalue weighted by Gasteiger charge is -2.22. The highest BCUT2D eigenvalue weighted by atomic mass is 31.2. The quantitative estimate of drug-likeness (QED) is 0.104. The zero-order valence-electron chi connectivity index (χ0n) is 14.5. The van der Waals surface area contributed by atoms with E-state index in [1.54, 1.807) is 30.3 Å². The number of aliphatic imine (C=N–C) groups is 1. The van der Waals surface area contributed by atoms with Crippen LogP contribution in [0.3, 0.4) is 0 Å². The van der Waals surface area contributed by atoms with Crippen molar-refractivity contribution in [2.75, 3.05) is 6.54 Å². The molecule has 1 amide bonds. The lowest BCUT2D eigenvalue weighted by Crippen LogP contribution is -2.50. The highest BCUT2D eigenvalue weighted by Crippen LogP contribution is 2.29. The van der Waals surface area contributed by atoms with Crippen molar-refractivity contribution in [3.05, 3.63) is 35.9 Å². The summed E-state index contributed by atoms with van der Waals surface area (Å²) >= 11 is 0. The van der Waals surface area contributed by atoms with Crippen LogP contribution in [-0.4, -0.2) is 51.4 Å². The molecule has 0 aliphatic heterocycles. The van der Waals surface area contributed by atoms with E-state index in [9.17, 15) is 19.3 Å². The highest BCUT2D eigenvalue weighted by Gasteiger charge is 2.29. The summed E-state index contributed by atoms with van der Waals surface area (Å²) in [5, 5.41) is 13.5. The Morgan fingerprint density at radius 1 is 1.15 bits per heavy atom. The number of nitrogens with one attached hydrogen (secondary N) is 2. The fraction of sp³-hybridized carbons (Fsp3) is 0.400. The fourth-order valence-corrected chi connectivity index (χ4v) is 2.90. The summed E-state index contributed by atoms with van der Waals surface area (Å²) in [7, 11) is -4.72. The molecule has 9 N–H and O–H groups in total. The summed E-state index contributed by atoms with van der Waals surface area (Å²) in [4.78, 5) is 45.8. The van der Waals surface area contributed by atoms with Gasteiger partial charge in [-0.1, -0.05) is 30.3 Å². The first-order valence-electron chi connectivity index (χ1n) is 8.04. The van der Waals surface area contributed by atoms with Crippen molar-refractivity contribution in [3.63, 3.8) is 0 Å². The maximum Gasteiger partial charge on any atom is 0.401 e. The van der Waals surface area contributed by atoms with E-state index in [0.717, 1.165) is 0 Å². The minimum absolute atomic E-state index is 0.0296. The molecule has 0 aliphatic carbocycles. The number of benzene rings is 1. The van der Waals surface area contributed by atoms with Crippen molar-refractivity contribution in [2.45, 2.75) is 31.3 Å². The number of carboxylic acid groups (broad SMARTS) is 1. The second-order valence-electron chi connectivity index (χ2n) is 5.76. The minimum atomic E-state index is -4.72. The van der Waals surface area contributed by atoms with Gasteiger partial charge in [0, 0.05) is 6.54 Å². The van der Waals surface area contributed by atoms with Crippen LogP contribution in [-0.2, 0) is 20.6 Å². The van der Waals surface area contributed by atoms with Crippen LogP contribution in [0, 0.1) is 0 Å². The molecule has 0 heterocycles. The lowest BCUT2D eigenvalue weighted by atomic mass is 10.1. The van der Waals surface area contributed by atoms with Crippen LogP contribution >= 0.6 is 7.75 Å². The summed E-state index contributed by atoms with van der Waals surface area (Å²) in [5.74, 6) is -2.24. The molecule has 0 aliphatic rings. The molecule has 1 rings (SSSR count). The molecule has 2 unspecified atom stereocenters. The van der Waals surface area contributed by atoms with Crippen LogP contribution in [0.5, 0.6) is 0 Å². The van der Waals surface area contributed by atoms with Gasteiger partial charge >= 0.3 is 13.7 Å². The molecule has 0 bridgehead atoms. The van der Waals surface area contributed by atoms with Crippen LogP contribution in [0.4, 0.5) is 0 Å². The second-order valence-corrected chi connectivity index (χ2v) is 7.11. The number of guanidine groups is 1. The number of carboxylic acids is 1. The third-order valence-electron chi connectivity index (χ3n) is 3.48. The summed E-state index contributed by atoms with van der Waals surface area (Å²) < 4.78 is 11.3. The van der Waals surface area contributed by atoms with E-state index in [-0.39, 0.29) is 25.3 Å². The molecule has 0 saturated heterocycles. The second kappa shape index (κ2) is 10.6. The Labute approximate surface area is 156 Å². The van der Waals surface area contributed by atoms with Crippen LogP contribution < -0.4 is 21.9 Å². The first-order chi connectivity index (χ1) is 12.6. The third kappa shape index (κ3) is 9.71. The number of nitrogens with two attached hydrogens (primary N) is 2. The van der Waals surface area contributed by atoms with Crippen molar-refractivity contribution >= 4 is 25.6 Å². The van der Waals surface area contributed by atoms with E-state index in [1.165, 1.54) is 0 Å². The van der Waals surface area contributed by atoms with E-state index < -0.39 is 31.7 Å². The van der Waals surface area contributed by atoms with Crippen molar-refractivity contribution < 1.29 is 29.0 Å². The number of rotatable bonds is 11. The predicted octanol–water partition coefficient (Wildman–Crippen LogP) is -1.10. The molecule has 0 fully saturated rings. The zero-order valence-corrected chi connectivity index (χ0v) is 15.4. The maximum absolute atomic E-state index is 12.4. The molecule has 0 radical (unpaired) electrons. The Hall–Kier alpha value is -2.46. The smallest absolute Gasteiger partial charge is 0.401 e. The van der Waals surface area contributed by atoms with Gasteiger partial charge in [-0.15, -0.1) is 0 Å². The standard InChI is InChI=1S/C15H24N5O6P/c16-15(17)18-8-4-7-11(14(22)23)19-13(21)12(20-27(24,25)26)9-10-5-2-1-3-6-10/h1-3,5-6,11-12H,4,7-9H2,(H,19,21)(H,22,23)(H4,16,17,18)(H3,20,24,25,26). The average molecular weight is 401 g/mol. The van der Waals surface area contributed by atoms with Crippen molar-refractivity contribution in [1.29, 1.82) is 0 Å². The Kier molecular flexibility index (Phi) is 8.89. The summed E-state index contributed by atoms with van der Waals surface area (Å²) in [5.41, 5.74) is 11.0. The van der Waals surface area contributed by atoms with Gasteiger partial charge in [-0.2, -0.15) is 0 Å². The Bertz CT molecular complexity index is 704. The van der Waals surface area contributed by atoms with Gasteiger partial charge < -0.3 is 31.7 Å². The van der Waals surface area contributed by atoms with Gasteiger partial charge in [-0.25, -0.2) is 14.4 Å². The molecular formula is C15H24N5O6P. The predicted molar refractivity (Wildman–Crippen MR) is 98.6 cm³/mol. The number of hydrogen-bond donors (Lipinski definition) is 7. The number of carbonyl (C=O) groups excluding carboxylic acids is 1. The van der Waals surface area contributed by atoms with Gasteiger partial charge in [0.25, 0.3) is 0 Å². The molecule has 0 spiro atoms. The topological polar surface area (TPSA) is 200 Å². The van der Waals surface area contributed by atoms with Gasteiger partial charge in [0.2, 0.25) is 5.91 Å². The first-order valence-corrected chi connectivity index (χ1v) is 9.65. The molecule has 11 nitrogen and oxygen atoms in total. The van der Waals surface area contributed by atoms with Crippen LogP contribution in [0.2, 0.25) is 0 Å². The average Bonchev–Trinajstić information content (AvgIpc) is 2.56. The normalized spacial score (nSPS) is 13.4. The van der Waals surface area contributed by atoms with E-state index in [4.69, 9.17) is 21.3 Å². The molecule has 1 aromatic rings. The number of hydrogen-bond acceptors (Lipinski definition) is 4. The maximum atomic E-state index is 12.4. The SMILES string of the molecule is NC(N)=NCCCC(NC(=O)C(Cc1ccccc1)NP(=O)(O)O)C(=O)O. The molecule has 27 heavy (non-hydrogen) atoms. The van der Waals surface area contributed by atoms with E-state index in [0.29, 0.717) is 12.0 Å². The molecule has 12 heteroatoms. The largest absolute Gasteiger partial charge is 0.480 e. The van der Waals surface area contributed by atoms with Crippen molar-refractivity contribution in [2.24, 2.45) is 16.5 Å². The number of amides is 1. The molecular weight excluding hydrogens is 377 g/mol. The number of nitrogens with zero attached hydrogens (tertiary/aromatic N) is 1. The summed E-state index contributed by atoms with van der Waals surface area (Å²) in [6.07, 6.45) is 0.314. The minimum Gasteiger partial charge on any atom is -0.480 e. The monoisotopic (exact) mass is 401 g/mol. The van der Waals surface area contributed by atoms with Crippen LogP contribution in [0.1, 0.15) is 18.4 Å². The summed E-state index contributed by atoms with van der Waals surface area (Å²) in [6, 6.07) is 6.00. The zero-order chi connectivity index (χ0) is 20.4. The van der Waals surface area contributed by atoms with Gasteiger partial charge in [0.15, 0.2) is 5.96 Å². The van der Waals surface area contributed by atoms with Crippen molar-refractivity contribution in [3.8, 4) is 0 Å². The van der Waals surface area contributed by atoms with Gasteiger partial charge in [0.05, 0.1) is 0 Å². The van der Waals surface area contributed by atoms with E-state index in [2.05, 4.69) is 10.3 Å². The summed E-state index contributed by atoms with van der Waals surface area (Å²) in [6.45, 7) is 0.191. The van der Waals surface area contributed by atoms with E-state index in [1.807, 2.05) is 5.09 Å². The van der Waals surface area contributed by atoms with Gasteiger partial charge in [-0.05, 0) is 24.8 Å². The first kappa shape index (κ1) is 22.6. The Morgan fingerprint density at radius 3 is 2.30 bits per heavy atom. The Balaban J connectivity index is 2.80. The molecule has 1 aromatic carbocycles. The number of carbonyl (C=O) groups is 2. The highest BCUT2D eigenvalue weighted by molar-refractivity contribution is 7.49. The third-order valence-corrected chi connectivity index (χ3v) is 4.13. The van der Waals surface area contributed by atoms with Gasteiger partial charge in [0.1, 0.15) is 12.1 Å². The Morgan fingerprint density at radius 2 is 1.78 bits per heavy atom.